The summed E-state index contributed by atoms with van der Waals surface area (Å²) in [6.07, 6.45) is 2.49. The summed E-state index contributed by atoms with van der Waals surface area (Å²) in [5, 5.41) is 9.28. The Labute approximate surface area is 86.7 Å². The van der Waals surface area contributed by atoms with Gasteiger partial charge in [-0.25, -0.2) is 0 Å². The Bertz CT molecular complexity index is 162. The molecule has 1 aliphatic heterocycles. The number of hydrogen-bond acceptors (Lipinski definition) is 2. The fourth-order valence-corrected chi connectivity index (χ4v) is 8.67. The molecule has 13 heavy (non-hydrogen) atoms. The second-order valence-electron chi connectivity index (χ2n) is 4.06. The lowest BCUT2D eigenvalue weighted by atomic mass is 10.2. The van der Waals surface area contributed by atoms with E-state index in [1.807, 2.05) is 0 Å². The zero-order valence-electron chi connectivity index (χ0n) is 9.25. The molecule has 0 amide bonds. The molecule has 1 saturated heterocycles. The van der Waals surface area contributed by atoms with Crippen molar-refractivity contribution in [3.63, 3.8) is 0 Å². The molecule has 1 fully saturated rings. The molecule has 1 atom stereocenters. The van der Waals surface area contributed by atoms with Crippen molar-refractivity contribution >= 4 is 19.9 Å². The first-order chi connectivity index (χ1) is 6.14. The fraction of sp³-hybridized carbons (Fsp3) is 1.00. The molecule has 0 bridgehead atoms. The van der Waals surface area contributed by atoms with E-state index in [4.69, 9.17) is 5.14 Å². The van der Waals surface area contributed by atoms with Crippen LogP contribution in [0.25, 0.3) is 0 Å². The van der Waals surface area contributed by atoms with Gasteiger partial charge in [0.05, 0.1) is 0 Å². The molecular formula is C9H24N2SSi. The van der Waals surface area contributed by atoms with E-state index in [0.29, 0.717) is 6.04 Å². The van der Waals surface area contributed by atoms with Crippen LogP contribution in [0.3, 0.4) is 0 Å². The van der Waals surface area contributed by atoms with E-state index in [2.05, 4.69) is 25.1 Å². The third-order valence-corrected chi connectivity index (χ3v) is 12.4. The quantitative estimate of drug-likeness (QED) is 0.705. The van der Waals surface area contributed by atoms with Crippen LogP contribution in [-0.2, 0) is 0 Å². The Morgan fingerprint density at radius 1 is 1.46 bits per heavy atom. The van der Waals surface area contributed by atoms with Gasteiger partial charge in [0, 0.05) is 22.1 Å². The van der Waals surface area contributed by atoms with Gasteiger partial charge in [0.1, 0.15) is 0 Å². The standard InChI is InChI=1S/C9H24N2SSi/c1-4-6-11(9(3)5-2)12(10)7-13-8-12/h9H,4-8,10,13H2,1-3H3. The minimum absolute atomic E-state index is 0.272. The van der Waals surface area contributed by atoms with Gasteiger partial charge in [-0.3, -0.25) is 9.44 Å². The monoisotopic (exact) mass is 220 g/mol. The highest BCUT2D eigenvalue weighted by Crippen LogP contribution is 2.50. The van der Waals surface area contributed by atoms with Gasteiger partial charge >= 0.3 is 0 Å². The number of rotatable bonds is 5. The molecule has 0 aromatic carbocycles. The van der Waals surface area contributed by atoms with Crippen molar-refractivity contribution in [2.75, 3.05) is 17.3 Å². The molecule has 0 aromatic heterocycles. The maximum absolute atomic E-state index is 6.45. The normalized spacial score (nSPS) is 37.0. The minimum Gasteiger partial charge on any atom is -0.284 e. The maximum Gasteiger partial charge on any atom is 0.0454 e. The van der Waals surface area contributed by atoms with Crippen molar-refractivity contribution in [1.82, 2.24) is 4.31 Å². The van der Waals surface area contributed by atoms with Crippen LogP contribution in [0.2, 0.25) is 0 Å². The van der Waals surface area contributed by atoms with E-state index in [0.717, 1.165) is 0 Å². The lowest BCUT2D eigenvalue weighted by molar-refractivity contribution is 0.354. The predicted molar refractivity (Wildman–Crippen MR) is 66.8 cm³/mol. The third-order valence-electron chi connectivity index (χ3n) is 2.99. The summed E-state index contributed by atoms with van der Waals surface area (Å²) in [5.41, 5.74) is 0. The van der Waals surface area contributed by atoms with Crippen LogP contribution in [0.5, 0.6) is 0 Å². The topological polar surface area (TPSA) is 29.3 Å². The summed E-state index contributed by atoms with van der Waals surface area (Å²) in [7, 11) is -0.486. The smallest absolute Gasteiger partial charge is 0.0454 e. The molecule has 2 nitrogen and oxygen atoms in total. The van der Waals surface area contributed by atoms with Crippen molar-refractivity contribution in [2.24, 2.45) is 5.14 Å². The molecule has 1 heterocycles. The number of hydrogen-bond donors (Lipinski definition) is 1. The highest BCUT2D eigenvalue weighted by atomic mass is 32.3. The number of nitrogens with zero attached hydrogens (tertiary/aromatic N) is 1. The lowest BCUT2D eigenvalue weighted by Gasteiger charge is -2.54. The third kappa shape index (κ3) is 2.49. The molecule has 2 N–H and O–H groups in total. The van der Waals surface area contributed by atoms with Crippen molar-refractivity contribution in [3.8, 4) is 0 Å². The number of nitrogens with two attached hydrogens (primary N) is 1. The maximum atomic E-state index is 6.45. The van der Waals surface area contributed by atoms with Gasteiger partial charge in [0.2, 0.25) is 0 Å². The molecule has 4 heteroatoms. The first-order valence-electron chi connectivity index (χ1n) is 5.47. The average Bonchev–Trinajstić information content (AvgIpc) is 2.09. The van der Waals surface area contributed by atoms with E-state index in [1.165, 1.54) is 30.1 Å². The first-order valence-corrected chi connectivity index (χ1v) is 9.46. The largest absolute Gasteiger partial charge is 0.284 e. The van der Waals surface area contributed by atoms with Crippen LogP contribution in [0.1, 0.15) is 33.6 Å². The molecule has 0 aliphatic carbocycles. The first kappa shape index (κ1) is 11.6. The molecule has 0 spiro atoms. The van der Waals surface area contributed by atoms with Crippen molar-refractivity contribution in [3.05, 3.63) is 0 Å². The van der Waals surface area contributed by atoms with E-state index in [1.54, 1.807) is 0 Å². The molecule has 80 valence electrons. The van der Waals surface area contributed by atoms with E-state index >= 15 is 0 Å². The van der Waals surface area contributed by atoms with Crippen LogP contribution >= 0.6 is 10.4 Å². The van der Waals surface area contributed by atoms with Gasteiger partial charge in [0.25, 0.3) is 0 Å². The summed E-state index contributed by atoms with van der Waals surface area (Å²) in [6, 6.07) is 0.703. The zero-order chi connectivity index (χ0) is 9.90. The molecule has 0 radical (unpaired) electrons. The lowest BCUT2D eigenvalue weighted by Crippen LogP contribution is -2.51. The average molecular weight is 220 g/mol. The highest BCUT2D eigenvalue weighted by molar-refractivity contribution is 8.34. The predicted octanol–water partition coefficient (Wildman–Crippen LogP) is 1.19. The fourth-order valence-electron chi connectivity index (χ4n) is 1.86. The van der Waals surface area contributed by atoms with Gasteiger partial charge in [-0.05, 0) is 30.5 Å². The van der Waals surface area contributed by atoms with E-state index in [9.17, 15) is 0 Å². The Kier molecular flexibility index (Phi) is 4.29. The summed E-state index contributed by atoms with van der Waals surface area (Å²) in [5.74, 6) is 0. The van der Waals surface area contributed by atoms with Crippen molar-refractivity contribution in [2.45, 2.75) is 39.7 Å². The van der Waals surface area contributed by atoms with Crippen molar-refractivity contribution < 1.29 is 0 Å². The van der Waals surface area contributed by atoms with Crippen LogP contribution < -0.4 is 5.14 Å². The van der Waals surface area contributed by atoms with Gasteiger partial charge in [-0.1, -0.05) is 13.8 Å². The Morgan fingerprint density at radius 3 is 2.38 bits per heavy atom. The highest BCUT2D eigenvalue weighted by Gasteiger charge is 2.35. The van der Waals surface area contributed by atoms with Gasteiger partial charge < -0.3 is 0 Å². The summed E-state index contributed by atoms with van der Waals surface area (Å²) in [4.78, 5) is 0. The minimum atomic E-state index is -0.758. The Hall–Kier alpha value is 0.487. The molecule has 0 saturated carbocycles. The second-order valence-corrected chi connectivity index (χ2v) is 10.3. The SMILES string of the molecule is CCCN(C(C)CC)S1(N)C[SiH2]C1. The summed E-state index contributed by atoms with van der Waals surface area (Å²) < 4.78 is 2.63. The van der Waals surface area contributed by atoms with Gasteiger partial charge in [-0.2, -0.15) is 0 Å². The molecular weight excluding hydrogens is 196 g/mol. The summed E-state index contributed by atoms with van der Waals surface area (Å²) >= 11 is 0. The van der Waals surface area contributed by atoms with Gasteiger partial charge in [-0.15, -0.1) is 10.4 Å². The van der Waals surface area contributed by atoms with E-state index in [-0.39, 0.29) is 9.52 Å². The van der Waals surface area contributed by atoms with Crippen LogP contribution in [0.15, 0.2) is 0 Å². The van der Waals surface area contributed by atoms with Crippen LogP contribution in [0.4, 0.5) is 0 Å². The molecule has 1 rings (SSSR count). The Morgan fingerprint density at radius 2 is 2.08 bits per heavy atom. The van der Waals surface area contributed by atoms with Crippen molar-refractivity contribution in [1.29, 1.82) is 0 Å². The van der Waals surface area contributed by atoms with Crippen LogP contribution in [-0.4, -0.2) is 37.2 Å². The zero-order valence-corrected chi connectivity index (χ0v) is 11.5. The van der Waals surface area contributed by atoms with Gasteiger partial charge in [0.15, 0.2) is 0 Å². The Balaban J connectivity index is 2.55. The molecule has 1 aliphatic rings. The van der Waals surface area contributed by atoms with Crippen LogP contribution in [0, 0.1) is 0 Å². The summed E-state index contributed by atoms with van der Waals surface area (Å²) in [6.45, 7) is 8.08. The molecule has 1 unspecified atom stereocenters. The second kappa shape index (κ2) is 4.82. The molecule has 0 aromatic rings. The van der Waals surface area contributed by atoms with E-state index < -0.39 is 10.4 Å².